The Bertz CT molecular complexity index is 693. The molecule has 0 bridgehead atoms. The number of nitrogens with zero attached hydrogens (tertiary/aromatic N) is 1. The van der Waals surface area contributed by atoms with Crippen LogP contribution < -0.4 is 10.0 Å². The van der Waals surface area contributed by atoms with E-state index >= 15 is 0 Å². The maximum Gasteiger partial charge on any atom is 0.251 e. The van der Waals surface area contributed by atoms with Gasteiger partial charge >= 0.3 is 0 Å². The van der Waals surface area contributed by atoms with Gasteiger partial charge in [0.1, 0.15) is 6.67 Å². The van der Waals surface area contributed by atoms with Gasteiger partial charge in [0.05, 0.1) is 18.1 Å². The number of morpholine rings is 1. The summed E-state index contributed by atoms with van der Waals surface area (Å²) in [5.41, 5.74) is 0.183. The van der Waals surface area contributed by atoms with Crippen molar-refractivity contribution in [1.82, 2.24) is 14.9 Å². The minimum Gasteiger partial charge on any atom is -0.379 e. The number of benzene rings is 1. The van der Waals surface area contributed by atoms with Crippen molar-refractivity contribution in [2.75, 3.05) is 46.1 Å². The third kappa shape index (κ3) is 6.31. The fourth-order valence-corrected chi connectivity index (χ4v) is 3.98. The van der Waals surface area contributed by atoms with Gasteiger partial charge in [0.2, 0.25) is 10.0 Å². The topological polar surface area (TPSA) is 87.7 Å². The SMILES string of the molecule is C[C@@H](CCN1CCOCC1)NS(=O)(=O)c1cccc(C(=O)NCCF)c1. The van der Waals surface area contributed by atoms with Gasteiger partial charge in [-0.15, -0.1) is 0 Å². The van der Waals surface area contributed by atoms with Crippen LogP contribution in [0.1, 0.15) is 23.7 Å². The Morgan fingerprint density at radius 3 is 2.77 bits per heavy atom. The monoisotopic (exact) mass is 387 g/mol. The van der Waals surface area contributed by atoms with Crippen LogP contribution in [0.2, 0.25) is 0 Å². The summed E-state index contributed by atoms with van der Waals surface area (Å²) in [6, 6.07) is 5.48. The van der Waals surface area contributed by atoms with Crippen molar-refractivity contribution in [3.05, 3.63) is 29.8 Å². The van der Waals surface area contributed by atoms with Crippen LogP contribution in [-0.2, 0) is 14.8 Å². The van der Waals surface area contributed by atoms with Crippen LogP contribution in [0.3, 0.4) is 0 Å². The summed E-state index contributed by atoms with van der Waals surface area (Å²) in [5, 5.41) is 2.38. The molecule has 0 saturated carbocycles. The summed E-state index contributed by atoms with van der Waals surface area (Å²) in [6.45, 7) is 4.95. The smallest absolute Gasteiger partial charge is 0.251 e. The van der Waals surface area contributed by atoms with E-state index in [2.05, 4.69) is 14.9 Å². The minimum atomic E-state index is -3.74. The van der Waals surface area contributed by atoms with Gasteiger partial charge in [-0.1, -0.05) is 6.07 Å². The molecular formula is C17H26FN3O4S. The van der Waals surface area contributed by atoms with Crippen LogP contribution in [-0.4, -0.2) is 71.3 Å². The highest BCUT2D eigenvalue weighted by atomic mass is 32.2. The molecule has 0 aliphatic carbocycles. The number of carbonyl (C=O) groups excluding carboxylic acids is 1. The van der Waals surface area contributed by atoms with Gasteiger partial charge in [-0.3, -0.25) is 9.69 Å². The highest BCUT2D eigenvalue weighted by Gasteiger charge is 2.20. The van der Waals surface area contributed by atoms with Crippen molar-refractivity contribution >= 4 is 15.9 Å². The van der Waals surface area contributed by atoms with E-state index in [9.17, 15) is 17.6 Å². The molecule has 9 heteroatoms. The zero-order chi connectivity index (χ0) is 19.0. The number of ether oxygens (including phenoxy) is 1. The number of sulfonamides is 1. The first-order valence-electron chi connectivity index (χ1n) is 8.69. The largest absolute Gasteiger partial charge is 0.379 e. The van der Waals surface area contributed by atoms with E-state index < -0.39 is 22.6 Å². The van der Waals surface area contributed by atoms with Crippen molar-refractivity contribution in [3.8, 4) is 0 Å². The average molecular weight is 387 g/mol. The van der Waals surface area contributed by atoms with Crippen LogP contribution in [0.4, 0.5) is 4.39 Å². The first kappa shape index (κ1) is 20.8. The maximum atomic E-state index is 12.5. The molecule has 1 fully saturated rings. The maximum absolute atomic E-state index is 12.5. The van der Waals surface area contributed by atoms with Gasteiger partial charge in [0.15, 0.2) is 0 Å². The number of hydrogen-bond acceptors (Lipinski definition) is 5. The van der Waals surface area contributed by atoms with Crippen molar-refractivity contribution in [3.63, 3.8) is 0 Å². The molecule has 1 aliphatic rings. The highest BCUT2D eigenvalue weighted by Crippen LogP contribution is 2.13. The second kappa shape index (κ2) is 9.96. The van der Waals surface area contributed by atoms with E-state index in [0.717, 1.165) is 19.6 Å². The molecule has 1 aliphatic heterocycles. The summed E-state index contributed by atoms with van der Waals surface area (Å²) in [6.07, 6.45) is 0.676. The van der Waals surface area contributed by atoms with Crippen molar-refractivity contribution < 1.29 is 22.3 Å². The van der Waals surface area contributed by atoms with Crippen LogP contribution in [0.25, 0.3) is 0 Å². The van der Waals surface area contributed by atoms with Gasteiger partial charge in [0.25, 0.3) is 5.91 Å². The molecule has 1 atom stereocenters. The molecule has 0 spiro atoms. The first-order valence-corrected chi connectivity index (χ1v) is 10.2. The fraction of sp³-hybridized carbons (Fsp3) is 0.588. The number of alkyl halides is 1. The lowest BCUT2D eigenvalue weighted by atomic mass is 10.2. The van der Waals surface area contributed by atoms with E-state index in [1.807, 2.05) is 6.92 Å². The lowest BCUT2D eigenvalue weighted by molar-refractivity contribution is 0.0366. The Balaban J connectivity index is 1.94. The average Bonchev–Trinajstić information content (AvgIpc) is 2.65. The molecule has 1 heterocycles. The zero-order valence-corrected chi connectivity index (χ0v) is 15.7. The Labute approximate surface area is 154 Å². The van der Waals surface area contributed by atoms with Crippen molar-refractivity contribution in [1.29, 1.82) is 0 Å². The second-order valence-electron chi connectivity index (χ2n) is 6.24. The molecule has 26 heavy (non-hydrogen) atoms. The number of halogens is 1. The third-order valence-corrected chi connectivity index (χ3v) is 5.71. The van der Waals surface area contributed by atoms with Gasteiger partial charge in [-0.2, -0.15) is 0 Å². The summed E-state index contributed by atoms with van der Waals surface area (Å²) >= 11 is 0. The Hall–Kier alpha value is -1.55. The molecule has 7 nitrogen and oxygen atoms in total. The van der Waals surface area contributed by atoms with E-state index in [1.54, 1.807) is 0 Å². The van der Waals surface area contributed by atoms with Crippen LogP contribution >= 0.6 is 0 Å². The zero-order valence-electron chi connectivity index (χ0n) is 14.9. The van der Waals surface area contributed by atoms with E-state index in [0.29, 0.717) is 19.6 Å². The van der Waals surface area contributed by atoms with E-state index in [-0.39, 0.29) is 23.0 Å². The number of carbonyl (C=O) groups is 1. The predicted octanol–water partition coefficient (Wildman–Crippen LogP) is 0.775. The minimum absolute atomic E-state index is 0.0172. The van der Waals surface area contributed by atoms with Crippen molar-refractivity contribution in [2.45, 2.75) is 24.3 Å². The summed E-state index contributed by atoms with van der Waals surface area (Å²) in [4.78, 5) is 14.1. The molecule has 1 aromatic carbocycles. The Morgan fingerprint density at radius 1 is 1.35 bits per heavy atom. The summed E-state index contributed by atoms with van der Waals surface area (Å²) in [5.74, 6) is -0.500. The fourth-order valence-electron chi connectivity index (χ4n) is 2.66. The number of amides is 1. The Kier molecular flexibility index (Phi) is 7.95. The number of hydrogen-bond donors (Lipinski definition) is 2. The molecule has 1 aromatic rings. The van der Waals surface area contributed by atoms with Crippen LogP contribution in [0, 0.1) is 0 Å². The summed E-state index contributed by atoms with van der Waals surface area (Å²) in [7, 11) is -3.74. The lowest BCUT2D eigenvalue weighted by Gasteiger charge is -2.27. The molecular weight excluding hydrogens is 361 g/mol. The second-order valence-corrected chi connectivity index (χ2v) is 7.95. The van der Waals surface area contributed by atoms with Gasteiger partial charge < -0.3 is 10.1 Å². The molecule has 2 N–H and O–H groups in total. The predicted molar refractivity (Wildman–Crippen MR) is 96.4 cm³/mol. The normalized spacial score (nSPS) is 17.0. The highest BCUT2D eigenvalue weighted by molar-refractivity contribution is 7.89. The molecule has 2 rings (SSSR count). The molecule has 146 valence electrons. The standard InChI is InChI=1S/C17H26FN3O4S/c1-14(5-8-21-9-11-25-12-10-21)20-26(23,24)16-4-2-3-15(13-16)17(22)19-7-6-18/h2-4,13-14,20H,5-12H2,1H3,(H,19,22)/t14-/m0/s1. The lowest BCUT2D eigenvalue weighted by Crippen LogP contribution is -2.40. The quantitative estimate of drug-likeness (QED) is 0.654. The molecule has 1 amide bonds. The first-order chi connectivity index (χ1) is 12.4. The van der Waals surface area contributed by atoms with Crippen LogP contribution in [0.15, 0.2) is 29.2 Å². The Morgan fingerprint density at radius 2 is 2.08 bits per heavy atom. The molecule has 0 aromatic heterocycles. The molecule has 1 saturated heterocycles. The van der Waals surface area contributed by atoms with Gasteiger partial charge in [-0.25, -0.2) is 17.5 Å². The third-order valence-electron chi connectivity index (χ3n) is 4.12. The van der Waals surface area contributed by atoms with Crippen molar-refractivity contribution in [2.24, 2.45) is 0 Å². The number of nitrogens with one attached hydrogen (secondary N) is 2. The van der Waals surface area contributed by atoms with Crippen LogP contribution in [0.5, 0.6) is 0 Å². The number of rotatable bonds is 9. The summed E-state index contributed by atoms with van der Waals surface area (Å²) < 4.78 is 45.2. The van der Waals surface area contributed by atoms with E-state index in [4.69, 9.17) is 4.74 Å². The molecule has 0 unspecified atom stereocenters. The van der Waals surface area contributed by atoms with Gasteiger partial charge in [0, 0.05) is 31.2 Å². The van der Waals surface area contributed by atoms with E-state index in [1.165, 1.54) is 24.3 Å². The molecule has 0 radical (unpaired) electrons. The van der Waals surface area contributed by atoms with Gasteiger partial charge in [-0.05, 0) is 38.1 Å².